The highest BCUT2D eigenvalue weighted by Gasteiger charge is 2.10. The maximum absolute atomic E-state index is 10.8. The van der Waals surface area contributed by atoms with Gasteiger partial charge in [-0.25, -0.2) is 4.98 Å². The van der Waals surface area contributed by atoms with Gasteiger partial charge in [0.05, 0.1) is 12.4 Å². The topological polar surface area (TPSA) is 60.9 Å². The van der Waals surface area contributed by atoms with Crippen LogP contribution in [0.5, 0.6) is 0 Å². The Hall–Kier alpha value is -1.16. The molecule has 1 atom stereocenters. The van der Waals surface area contributed by atoms with Crippen molar-refractivity contribution in [3.05, 3.63) is 18.2 Å². The lowest BCUT2D eigenvalue weighted by Crippen LogP contribution is -2.31. The van der Waals surface area contributed by atoms with Gasteiger partial charge in [-0.3, -0.25) is 4.79 Å². The molecule has 1 aromatic rings. The van der Waals surface area contributed by atoms with Gasteiger partial charge in [0.25, 0.3) is 0 Å². The first kappa shape index (κ1) is 8.93. The Kier molecular flexibility index (Phi) is 2.60. The molecule has 0 bridgehead atoms. The number of ketones is 1. The van der Waals surface area contributed by atoms with E-state index in [4.69, 9.17) is 5.73 Å². The zero-order valence-corrected chi connectivity index (χ0v) is 7.32. The molecule has 1 heterocycles. The molecule has 0 amide bonds. The maximum atomic E-state index is 10.8. The fraction of sp³-hybridized carbons (Fsp3) is 0.500. The van der Waals surface area contributed by atoms with Crippen LogP contribution in [0.3, 0.4) is 0 Å². The summed E-state index contributed by atoms with van der Waals surface area (Å²) in [5.74, 6) is 0.0104. The molecule has 1 rings (SSSR count). The van der Waals surface area contributed by atoms with Crippen molar-refractivity contribution in [2.45, 2.75) is 19.4 Å². The van der Waals surface area contributed by atoms with Crippen LogP contribution < -0.4 is 5.73 Å². The predicted molar refractivity (Wildman–Crippen MR) is 45.6 cm³/mol. The molecule has 0 saturated heterocycles. The molecule has 2 N–H and O–H groups in total. The van der Waals surface area contributed by atoms with Crippen LogP contribution in [-0.2, 0) is 18.3 Å². The number of nitrogens with two attached hydrogens (primary N) is 1. The molecular weight excluding hydrogens is 154 g/mol. The molecule has 0 unspecified atom stereocenters. The summed E-state index contributed by atoms with van der Waals surface area (Å²) in [5.41, 5.74) is 6.57. The fourth-order valence-corrected chi connectivity index (χ4v) is 0.950. The molecule has 0 aliphatic rings. The van der Waals surface area contributed by atoms with Crippen molar-refractivity contribution < 1.29 is 4.79 Å². The van der Waals surface area contributed by atoms with E-state index in [9.17, 15) is 4.79 Å². The minimum Gasteiger partial charge on any atom is -0.338 e. The van der Waals surface area contributed by atoms with Crippen LogP contribution in [0, 0.1) is 0 Å². The first-order chi connectivity index (χ1) is 5.61. The van der Waals surface area contributed by atoms with Crippen LogP contribution in [0.1, 0.15) is 12.6 Å². The van der Waals surface area contributed by atoms with Gasteiger partial charge in [0.1, 0.15) is 5.78 Å². The summed E-state index contributed by atoms with van der Waals surface area (Å²) in [7, 11) is 1.88. The molecule has 0 fully saturated rings. The summed E-state index contributed by atoms with van der Waals surface area (Å²) in [5, 5.41) is 0. The molecule has 0 aliphatic carbocycles. The quantitative estimate of drug-likeness (QED) is 0.682. The molecule has 4 heteroatoms. The average Bonchev–Trinajstić information content (AvgIpc) is 2.36. The van der Waals surface area contributed by atoms with Crippen LogP contribution in [0.4, 0.5) is 0 Å². The number of carbonyl (C=O) groups excluding carboxylic acids is 1. The van der Waals surface area contributed by atoms with E-state index in [0.29, 0.717) is 6.42 Å². The van der Waals surface area contributed by atoms with Gasteiger partial charge < -0.3 is 10.3 Å². The first-order valence-corrected chi connectivity index (χ1v) is 3.82. The third kappa shape index (κ3) is 1.92. The summed E-state index contributed by atoms with van der Waals surface area (Å²) >= 11 is 0. The molecule has 66 valence electrons. The summed E-state index contributed by atoms with van der Waals surface area (Å²) in [6, 6.07) is -0.402. The minimum atomic E-state index is -0.402. The highest BCUT2D eigenvalue weighted by atomic mass is 16.1. The molecule has 1 aromatic heterocycles. The van der Waals surface area contributed by atoms with Crippen molar-refractivity contribution in [1.82, 2.24) is 9.55 Å². The van der Waals surface area contributed by atoms with Gasteiger partial charge in [-0.1, -0.05) is 0 Å². The van der Waals surface area contributed by atoms with Crippen LogP contribution in [0.25, 0.3) is 0 Å². The number of hydrogen-bond donors (Lipinski definition) is 1. The number of nitrogens with zero attached hydrogens (tertiary/aromatic N) is 2. The third-order valence-corrected chi connectivity index (χ3v) is 1.87. The van der Waals surface area contributed by atoms with Gasteiger partial charge >= 0.3 is 0 Å². The summed E-state index contributed by atoms with van der Waals surface area (Å²) in [6.45, 7) is 1.50. The van der Waals surface area contributed by atoms with E-state index < -0.39 is 6.04 Å². The minimum absolute atomic E-state index is 0.0104. The Morgan fingerprint density at radius 2 is 2.50 bits per heavy atom. The van der Waals surface area contributed by atoms with Crippen molar-refractivity contribution in [2.75, 3.05) is 0 Å². The van der Waals surface area contributed by atoms with Crippen molar-refractivity contribution in [2.24, 2.45) is 12.8 Å². The standard InChI is InChI=1S/C8H13N3O/c1-6(12)8(9)3-7-4-10-5-11(7)2/h4-5,8H,3,9H2,1-2H3/t8-/m0/s1. The monoisotopic (exact) mass is 167 g/mol. The van der Waals surface area contributed by atoms with Crippen LogP contribution in [0.2, 0.25) is 0 Å². The van der Waals surface area contributed by atoms with Crippen molar-refractivity contribution in [3.63, 3.8) is 0 Å². The number of imidazole rings is 1. The van der Waals surface area contributed by atoms with Gasteiger partial charge in [-0.05, 0) is 6.92 Å². The van der Waals surface area contributed by atoms with Crippen molar-refractivity contribution >= 4 is 5.78 Å². The summed E-state index contributed by atoms with van der Waals surface area (Å²) in [6.07, 6.45) is 3.98. The number of hydrogen-bond acceptors (Lipinski definition) is 3. The summed E-state index contributed by atoms with van der Waals surface area (Å²) < 4.78 is 1.86. The Morgan fingerprint density at radius 1 is 1.83 bits per heavy atom. The Bertz CT molecular complexity index is 280. The lowest BCUT2D eigenvalue weighted by molar-refractivity contribution is -0.118. The Balaban J connectivity index is 2.64. The van der Waals surface area contributed by atoms with Gasteiger partial charge in [0, 0.05) is 25.4 Å². The second-order valence-corrected chi connectivity index (χ2v) is 2.92. The second-order valence-electron chi connectivity index (χ2n) is 2.92. The van der Waals surface area contributed by atoms with E-state index in [1.807, 2.05) is 11.6 Å². The first-order valence-electron chi connectivity index (χ1n) is 3.82. The zero-order chi connectivity index (χ0) is 9.14. The van der Waals surface area contributed by atoms with E-state index in [2.05, 4.69) is 4.98 Å². The molecule has 0 aliphatic heterocycles. The maximum Gasteiger partial charge on any atom is 0.146 e. The third-order valence-electron chi connectivity index (χ3n) is 1.87. The predicted octanol–water partition coefficient (Wildman–Crippen LogP) is -0.121. The molecular formula is C8H13N3O. The lowest BCUT2D eigenvalue weighted by Gasteiger charge is -2.07. The molecule has 0 aromatic carbocycles. The molecule has 0 saturated carbocycles. The number of Topliss-reactive ketones (excluding diaryl/α,β-unsaturated/α-hetero) is 1. The number of carbonyl (C=O) groups is 1. The highest BCUT2D eigenvalue weighted by Crippen LogP contribution is 2.00. The van der Waals surface area contributed by atoms with Gasteiger partial charge in [-0.15, -0.1) is 0 Å². The van der Waals surface area contributed by atoms with E-state index in [-0.39, 0.29) is 5.78 Å². The zero-order valence-electron chi connectivity index (χ0n) is 7.32. The fourth-order valence-electron chi connectivity index (χ4n) is 0.950. The Morgan fingerprint density at radius 3 is 2.92 bits per heavy atom. The Labute approximate surface area is 71.4 Å². The largest absolute Gasteiger partial charge is 0.338 e. The van der Waals surface area contributed by atoms with Crippen molar-refractivity contribution in [1.29, 1.82) is 0 Å². The van der Waals surface area contributed by atoms with E-state index in [1.165, 1.54) is 6.92 Å². The van der Waals surface area contributed by atoms with Gasteiger partial charge in [0.15, 0.2) is 0 Å². The lowest BCUT2D eigenvalue weighted by atomic mass is 10.1. The molecule has 12 heavy (non-hydrogen) atoms. The normalized spacial score (nSPS) is 12.9. The van der Waals surface area contributed by atoms with E-state index in [1.54, 1.807) is 12.5 Å². The smallest absolute Gasteiger partial charge is 0.146 e. The highest BCUT2D eigenvalue weighted by molar-refractivity contribution is 5.81. The summed E-state index contributed by atoms with van der Waals surface area (Å²) in [4.78, 5) is 14.8. The molecule has 4 nitrogen and oxygen atoms in total. The molecule has 0 spiro atoms. The van der Waals surface area contributed by atoms with Gasteiger partial charge in [0.2, 0.25) is 0 Å². The second kappa shape index (κ2) is 3.49. The number of rotatable bonds is 3. The van der Waals surface area contributed by atoms with E-state index >= 15 is 0 Å². The van der Waals surface area contributed by atoms with Crippen LogP contribution in [-0.4, -0.2) is 21.4 Å². The number of aryl methyl sites for hydroxylation is 1. The number of aromatic nitrogens is 2. The van der Waals surface area contributed by atoms with Crippen molar-refractivity contribution in [3.8, 4) is 0 Å². The average molecular weight is 167 g/mol. The SMILES string of the molecule is CC(=O)[C@@H](N)Cc1cncn1C. The van der Waals surface area contributed by atoms with Crippen LogP contribution in [0.15, 0.2) is 12.5 Å². The van der Waals surface area contributed by atoms with Crippen LogP contribution >= 0.6 is 0 Å². The van der Waals surface area contributed by atoms with Gasteiger partial charge in [-0.2, -0.15) is 0 Å². The van der Waals surface area contributed by atoms with E-state index in [0.717, 1.165) is 5.69 Å². The molecule has 0 radical (unpaired) electrons.